The Morgan fingerprint density at radius 1 is 1.07 bits per heavy atom. The molecule has 8 nitrogen and oxygen atoms in total. The average molecular weight is 437 g/mol. The Balaban J connectivity index is 2.12. The van der Waals surface area contributed by atoms with E-state index in [9.17, 15) is 13.2 Å². The van der Waals surface area contributed by atoms with Gasteiger partial charge >= 0.3 is 0 Å². The zero-order chi connectivity index (χ0) is 22.3. The van der Waals surface area contributed by atoms with E-state index in [1.807, 2.05) is 38.1 Å². The van der Waals surface area contributed by atoms with Gasteiger partial charge in [0.2, 0.25) is 15.9 Å². The van der Waals surface area contributed by atoms with Crippen molar-refractivity contribution in [3.05, 3.63) is 48.0 Å². The highest BCUT2D eigenvalue weighted by Crippen LogP contribution is 2.32. The molecule has 0 unspecified atom stereocenters. The Labute approximate surface area is 177 Å². The number of carbonyl (C=O) groups excluding carboxylic acids is 1. The third-order valence-electron chi connectivity index (χ3n) is 4.10. The molecule has 0 fully saturated rings. The molecule has 2 aromatic rings. The first-order valence-electron chi connectivity index (χ1n) is 9.36. The molecule has 0 saturated carbocycles. The SMILES string of the molecule is COc1ccc(N(CC(=O)NCc2cccc(OC(C)C)c2)S(C)(=O)=O)cc1OC. The van der Waals surface area contributed by atoms with Gasteiger partial charge in [0.25, 0.3) is 0 Å². The van der Waals surface area contributed by atoms with Crippen molar-refractivity contribution in [1.29, 1.82) is 0 Å². The summed E-state index contributed by atoms with van der Waals surface area (Å²) in [4.78, 5) is 12.5. The summed E-state index contributed by atoms with van der Waals surface area (Å²) < 4.78 is 41.7. The number of nitrogens with zero attached hydrogens (tertiary/aromatic N) is 1. The largest absolute Gasteiger partial charge is 0.493 e. The second-order valence-corrected chi connectivity index (χ2v) is 8.81. The fourth-order valence-corrected chi connectivity index (χ4v) is 3.62. The van der Waals surface area contributed by atoms with Gasteiger partial charge < -0.3 is 19.5 Å². The van der Waals surface area contributed by atoms with Gasteiger partial charge in [-0.1, -0.05) is 12.1 Å². The van der Waals surface area contributed by atoms with E-state index in [4.69, 9.17) is 14.2 Å². The molecule has 9 heteroatoms. The minimum atomic E-state index is -3.70. The molecule has 1 N–H and O–H groups in total. The lowest BCUT2D eigenvalue weighted by atomic mass is 10.2. The van der Waals surface area contributed by atoms with E-state index in [-0.39, 0.29) is 19.2 Å². The summed E-state index contributed by atoms with van der Waals surface area (Å²) in [5.41, 5.74) is 1.15. The lowest BCUT2D eigenvalue weighted by molar-refractivity contribution is -0.119. The molecular formula is C21H28N2O6S. The second kappa shape index (κ2) is 10.2. The van der Waals surface area contributed by atoms with E-state index in [0.717, 1.165) is 16.1 Å². The maximum Gasteiger partial charge on any atom is 0.241 e. The van der Waals surface area contributed by atoms with Crippen LogP contribution in [0.2, 0.25) is 0 Å². The van der Waals surface area contributed by atoms with Crippen LogP contribution < -0.4 is 23.8 Å². The zero-order valence-electron chi connectivity index (χ0n) is 17.8. The van der Waals surface area contributed by atoms with Crippen molar-refractivity contribution in [2.75, 3.05) is 31.3 Å². The van der Waals surface area contributed by atoms with Crippen molar-refractivity contribution >= 4 is 21.6 Å². The highest BCUT2D eigenvalue weighted by molar-refractivity contribution is 7.92. The molecule has 1 amide bonds. The smallest absolute Gasteiger partial charge is 0.241 e. The number of amides is 1. The van der Waals surface area contributed by atoms with Crippen LogP contribution in [0, 0.1) is 0 Å². The summed E-state index contributed by atoms with van der Waals surface area (Å²) in [5, 5.41) is 2.75. The molecule has 0 atom stereocenters. The summed E-state index contributed by atoms with van der Waals surface area (Å²) >= 11 is 0. The molecule has 2 rings (SSSR count). The first kappa shape index (κ1) is 23.3. The average Bonchev–Trinajstić information content (AvgIpc) is 2.69. The molecule has 2 aromatic carbocycles. The van der Waals surface area contributed by atoms with E-state index < -0.39 is 15.9 Å². The lowest BCUT2D eigenvalue weighted by Crippen LogP contribution is -2.40. The number of hydrogen-bond donors (Lipinski definition) is 1. The molecule has 0 aromatic heterocycles. The van der Waals surface area contributed by atoms with E-state index in [2.05, 4.69) is 5.32 Å². The van der Waals surface area contributed by atoms with Crippen LogP contribution in [0.4, 0.5) is 5.69 Å². The predicted octanol–water partition coefficient (Wildman–Crippen LogP) is 2.57. The van der Waals surface area contributed by atoms with Gasteiger partial charge in [-0.05, 0) is 43.7 Å². The lowest BCUT2D eigenvalue weighted by Gasteiger charge is -2.23. The van der Waals surface area contributed by atoms with Crippen LogP contribution in [-0.4, -0.2) is 47.4 Å². The van der Waals surface area contributed by atoms with Gasteiger partial charge in [0, 0.05) is 12.6 Å². The second-order valence-electron chi connectivity index (χ2n) is 6.90. The molecule has 164 valence electrons. The minimum absolute atomic E-state index is 0.0413. The fourth-order valence-electron chi connectivity index (χ4n) is 2.77. The Kier molecular flexibility index (Phi) is 7.93. The van der Waals surface area contributed by atoms with Crippen LogP contribution >= 0.6 is 0 Å². The Morgan fingerprint density at radius 2 is 1.77 bits per heavy atom. The van der Waals surface area contributed by atoms with Crippen molar-refractivity contribution in [1.82, 2.24) is 5.32 Å². The first-order chi connectivity index (χ1) is 14.1. The van der Waals surface area contributed by atoms with Crippen molar-refractivity contribution in [3.63, 3.8) is 0 Å². The molecule has 0 aliphatic carbocycles. The summed E-state index contributed by atoms with van der Waals surface area (Å²) in [7, 11) is -0.763. The maximum absolute atomic E-state index is 12.5. The van der Waals surface area contributed by atoms with Crippen molar-refractivity contribution in [2.24, 2.45) is 0 Å². The summed E-state index contributed by atoms with van der Waals surface area (Å²) in [6, 6.07) is 12.0. The molecule has 0 saturated heterocycles. The summed E-state index contributed by atoms with van der Waals surface area (Å²) in [5.74, 6) is 1.10. The molecule has 0 aliphatic rings. The monoisotopic (exact) mass is 436 g/mol. The molecule has 0 radical (unpaired) electrons. The Morgan fingerprint density at radius 3 is 2.37 bits per heavy atom. The number of benzene rings is 2. The van der Waals surface area contributed by atoms with Gasteiger partial charge in [0.15, 0.2) is 11.5 Å². The Hall–Kier alpha value is -2.94. The van der Waals surface area contributed by atoms with Gasteiger partial charge in [-0.3, -0.25) is 9.10 Å². The molecule has 0 aliphatic heterocycles. The predicted molar refractivity (Wildman–Crippen MR) is 116 cm³/mol. The number of rotatable bonds is 10. The normalized spacial score (nSPS) is 11.1. The van der Waals surface area contributed by atoms with E-state index >= 15 is 0 Å². The van der Waals surface area contributed by atoms with Crippen molar-refractivity contribution in [3.8, 4) is 17.2 Å². The van der Waals surface area contributed by atoms with E-state index in [1.54, 1.807) is 12.1 Å². The van der Waals surface area contributed by atoms with Gasteiger partial charge in [0.1, 0.15) is 12.3 Å². The summed E-state index contributed by atoms with van der Waals surface area (Å²) in [6.07, 6.45) is 1.09. The number of sulfonamides is 1. The van der Waals surface area contributed by atoms with Gasteiger partial charge in [-0.25, -0.2) is 8.42 Å². The highest BCUT2D eigenvalue weighted by atomic mass is 32.2. The third-order valence-corrected chi connectivity index (χ3v) is 5.24. The van der Waals surface area contributed by atoms with Crippen LogP contribution in [-0.2, 0) is 21.4 Å². The minimum Gasteiger partial charge on any atom is -0.493 e. The van der Waals surface area contributed by atoms with Crippen LogP contribution in [0.1, 0.15) is 19.4 Å². The quantitative estimate of drug-likeness (QED) is 0.615. The third kappa shape index (κ3) is 6.55. The van der Waals surface area contributed by atoms with Gasteiger partial charge in [-0.15, -0.1) is 0 Å². The fraction of sp³-hybridized carbons (Fsp3) is 0.381. The zero-order valence-corrected chi connectivity index (χ0v) is 18.7. The number of hydrogen-bond acceptors (Lipinski definition) is 6. The van der Waals surface area contributed by atoms with E-state index in [1.165, 1.54) is 20.3 Å². The summed E-state index contributed by atoms with van der Waals surface area (Å²) in [6.45, 7) is 3.75. The standard InChI is InChI=1S/C21H28N2O6S/c1-15(2)29-18-8-6-7-16(11-18)13-22-21(24)14-23(30(5,25)26)17-9-10-19(27-3)20(12-17)28-4/h6-12,15H,13-14H2,1-5H3,(H,22,24). The van der Waals surface area contributed by atoms with Crippen LogP contribution in [0.25, 0.3) is 0 Å². The number of carbonyl (C=O) groups is 1. The van der Waals surface area contributed by atoms with Gasteiger partial charge in [-0.2, -0.15) is 0 Å². The molecule has 0 heterocycles. The maximum atomic E-state index is 12.5. The van der Waals surface area contributed by atoms with Crippen LogP contribution in [0.15, 0.2) is 42.5 Å². The first-order valence-corrected chi connectivity index (χ1v) is 11.2. The van der Waals surface area contributed by atoms with E-state index in [0.29, 0.717) is 22.9 Å². The van der Waals surface area contributed by atoms with Crippen molar-refractivity contribution < 1.29 is 27.4 Å². The molecular weight excluding hydrogens is 408 g/mol. The van der Waals surface area contributed by atoms with Gasteiger partial charge in [0.05, 0.1) is 32.3 Å². The molecule has 0 spiro atoms. The topological polar surface area (TPSA) is 94.2 Å². The van der Waals surface area contributed by atoms with Crippen LogP contribution in [0.5, 0.6) is 17.2 Å². The Bertz CT molecular complexity index is 975. The molecule has 30 heavy (non-hydrogen) atoms. The number of methoxy groups -OCH3 is 2. The number of anilines is 1. The molecule has 0 bridgehead atoms. The van der Waals surface area contributed by atoms with Crippen LogP contribution in [0.3, 0.4) is 0 Å². The number of nitrogens with one attached hydrogen (secondary N) is 1. The number of ether oxygens (including phenoxy) is 3. The van der Waals surface area contributed by atoms with Crippen molar-refractivity contribution in [2.45, 2.75) is 26.5 Å². The highest BCUT2D eigenvalue weighted by Gasteiger charge is 2.22.